The molecule has 0 radical (unpaired) electrons. The lowest BCUT2D eigenvalue weighted by Crippen LogP contribution is -2.31. The number of rotatable bonds is 12. The molecule has 0 aromatic heterocycles. The SMILES string of the molecule is CCCCCC1CCC(OCc2ccc(-c3ccc(-c4ccc(OCCC)c(F)c4F)cc3)c(F)c2F)CO1. The third kappa shape index (κ3) is 7.20. The van der Waals surface area contributed by atoms with Gasteiger partial charge in [0.25, 0.3) is 0 Å². The highest BCUT2D eigenvalue weighted by molar-refractivity contribution is 5.71. The van der Waals surface area contributed by atoms with Crippen LogP contribution in [0, 0.1) is 23.3 Å². The van der Waals surface area contributed by atoms with Gasteiger partial charge < -0.3 is 14.2 Å². The fraction of sp³-hybridized carbons (Fsp3) is 0.438. The van der Waals surface area contributed by atoms with Gasteiger partial charge in [0.05, 0.1) is 32.0 Å². The second kappa shape index (κ2) is 13.9. The summed E-state index contributed by atoms with van der Waals surface area (Å²) in [5.41, 5.74) is 1.10. The van der Waals surface area contributed by atoms with Gasteiger partial charge in [-0.2, -0.15) is 4.39 Å². The smallest absolute Gasteiger partial charge is 0.201 e. The number of hydrogen-bond acceptors (Lipinski definition) is 3. The van der Waals surface area contributed by atoms with Crippen molar-refractivity contribution in [2.75, 3.05) is 13.2 Å². The summed E-state index contributed by atoms with van der Waals surface area (Å²) in [6.07, 6.45) is 7.12. The van der Waals surface area contributed by atoms with E-state index < -0.39 is 23.3 Å². The van der Waals surface area contributed by atoms with E-state index in [-0.39, 0.29) is 47.9 Å². The average Bonchev–Trinajstić information content (AvgIpc) is 2.96. The summed E-state index contributed by atoms with van der Waals surface area (Å²) in [6, 6.07) is 12.1. The van der Waals surface area contributed by atoms with Gasteiger partial charge in [-0.3, -0.25) is 0 Å². The first-order valence-corrected chi connectivity index (χ1v) is 13.8. The van der Waals surface area contributed by atoms with Gasteiger partial charge in [-0.05, 0) is 48.9 Å². The van der Waals surface area contributed by atoms with E-state index in [1.807, 2.05) is 6.92 Å². The molecule has 210 valence electrons. The van der Waals surface area contributed by atoms with Crippen molar-refractivity contribution in [2.45, 2.75) is 77.6 Å². The van der Waals surface area contributed by atoms with E-state index in [0.29, 0.717) is 24.2 Å². The molecule has 0 N–H and O–H groups in total. The number of ether oxygens (including phenoxy) is 3. The summed E-state index contributed by atoms with van der Waals surface area (Å²) in [5.74, 6) is -4.15. The second-order valence-electron chi connectivity index (χ2n) is 10.0. The highest BCUT2D eigenvalue weighted by atomic mass is 19.2. The molecule has 4 rings (SSSR count). The monoisotopic (exact) mass is 544 g/mol. The lowest BCUT2D eigenvalue weighted by atomic mass is 9.98. The van der Waals surface area contributed by atoms with Crippen LogP contribution in [0.5, 0.6) is 5.75 Å². The maximum atomic E-state index is 15.0. The predicted octanol–water partition coefficient (Wildman–Crippen LogP) is 9.01. The molecule has 2 unspecified atom stereocenters. The highest BCUT2D eigenvalue weighted by Gasteiger charge is 2.23. The number of hydrogen-bond donors (Lipinski definition) is 0. The van der Waals surface area contributed by atoms with Crippen LogP contribution in [-0.2, 0) is 16.1 Å². The van der Waals surface area contributed by atoms with Crippen LogP contribution in [0.2, 0.25) is 0 Å². The Balaban J connectivity index is 1.39. The number of benzene rings is 3. The maximum absolute atomic E-state index is 15.0. The van der Waals surface area contributed by atoms with Crippen LogP contribution in [0.3, 0.4) is 0 Å². The molecule has 39 heavy (non-hydrogen) atoms. The molecule has 7 heteroatoms. The van der Waals surface area contributed by atoms with Crippen LogP contribution in [-0.4, -0.2) is 25.4 Å². The molecule has 3 aromatic rings. The van der Waals surface area contributed by atoms with Crippen LogP contribution in [0.15, 0.2) is 48.5 Å². The molecule has 2 atom stereocenters. The molecule has 1 aliphatic heterocycles. The van der Waals surface area contributed by atoms with Crippen LogP contribution in [0.25, 0.3) is 22.3 Å². The van der Waals surface area contributed by atoms with E-state index in [4.69, 9.17) is 14.2 Å². The van der Waals surface area contributed by atoms with Gasteiger partial charge >= 0.3 is 0 Å². The molecule has 1 heterocycles. The number of halogens is 4. The van der Waals surface area contributed by atoms with Crippen molar-refractivity contribution in [3.05, 3.63) is 77.4 Å². The van der Waals surface area contributed by atoms with Gasteiger partial charge in [0.15, 0.2) is 23.2 Å². The molecule has 0 spiro atoms. The Bertz CT molecular complexity index is 1220. The third-order valence-corrected chi connectivity index (χ3v) is 7.11. The molecule has 1 fully saturated rings. The molecule has 3 aromatic carbocycles. The predicted molar refractivity (Wildman–Crippen MR) is 145 cm³/mol. The Kier molecular flexibility index (Phi) is 10.4. The Morgan fingerprint density at radius 2 is 1.41 bits per heavy atom. The van der Waals surface area contributed by atoms with Crippen LogP contribution in [0.4, 0.5) is 17.6 Å². The van der Waals surface area contributed by atoms with E-state index >= 15 is 4.39 Å². The van der Waals surface area contributed by atoms with E-state index in [1.165, 1.54) is 37.1 Å². The van der Waals surface area contributed by atoms with Gasteiger partial charge in [0, 0.05) is 16.7 Å². The molecule has 0 aliphatic carbocycles. The van der Waals surface area contributed by atoms with Crippen molar-refractivity contribution in [1.82, 2.24) is 0 Å². The minimum atomic E-state index is -1.05. The Labute approximate surface area is 228 Å². The first-order chi connectivity index (χ1) is 18.9. The normalized spacial score (nSPS) is 17.4. The van der Waals surface area contributed by atoms with Gasteiger partial charge in [0.1, 0.15) is 0 Å². The Morgan fingerprint density at radius 3 is 2.03 bits per heavy atom. The van der Waals surface area contributed by atoms with Crippen molar-refractivity contribution in [3.63, 3.8) is 0 Å². The molecule has 1 aliphatic rings. The summed E-state index contributed by atoms with van der Waals surface area (Å²) in [5, 5.41) is 0. The average molecular weight is 545 g/mol. The minimum absolute atomic E-state index is 0.0424. The Hall–Kier alpha value is -2.90. The highest BCUT2D eigenvalue weighted by Crippen LogP contribution is 2.33. The van der Waals surface area contributed by atoms with Crippen molar-refractivity contribution < 1.29 is 31.8 Å². The standard InChI is InChI=1S/C32H36F4O3/c1-3-5-6-7-24-13-14-25(20-39-24)38-19-23-12-15-26(30(34)29(23)33)21-8-10-22(11-9-21)27-16-17-28(37-18-4-2)32(36)31(27)35/h8-12,15-17,24-25H,3-7,13-14,18-20H2,1-2H3. The quantitative estimate of drug-likeness (QED) is 0.168. The first kappa shape index (κ1) is 29.1. The molecular formula is C32H36F4O3. The largest absolute Gasteiger partial charge is 0.490 e. The van der Waals surface area contributed by atoms with E-state index in [0.717, 1.165) is 25.7 Å². The van der Waals surface area contributed by atoms with Crippen molar-refractivity contribution in [3.8, 4) is 28.0 Å². The summed E-state index contributed by atoms with van der Waals surface area (Å²) in [7, 11) is 0. The van der Waals surface area contributed by atoms with Gasteiger partial charge in [-0.25, -0.2) is 13.2 Å². The zero-order valence-electron chi connectivity index (χ0n) is 22.6. The van der Waals surface area contributed by atoms with Crippen molar-refractivity contribution in [2.24, 2.45) is 0 Å². The molecule has 0 amide bonds. The fourth-order valence-corrected chi connectivity index (χ4v) is 4.80. The molecule has 0 bridgehead atoms. The Morgan fingerprint density at radius 1 is 0.744 bits per heavy atom. The second-order valence-corrected chi connectivity index (χ2v) is 10.0. The van der Waals surface area contributed by atoms with Crippen LogP contribution < -0.4 is 4.74 Å². The maximum Gasteiger partial charge on any atom is 0.201 e. The van der Waals surface area contributed by atoms with Crippen LogP contribution in [0.1, 0.15) is 64.4 Å². The molecule has 1 saturated heterocycles. The summed E-state index contributed by atoms with van der Waals surface area (Å²) >= 11 is 0. The zero-order chi connectivity index (χ0) is 27.8. The molecule has 0 saturated carbocycles. The van der Waals surface area contributed by atoms with Crippen LogP contribution >= 0.6 is 0 Å². The summed E-state index contributed by atoms with van der Waals surface area (Å²) in [6.45, 7) is 4.75. The lowest BCUT2D eigenvalue weighted by molar-refractivity contribution is -0.0932. The first-order valence-electron chi connectivity index (χ1n) is 13.8. The van der Waals surface area contributed by atoms with Crippen molar-refractivity contribution in [1.29, 1.82) is 0 Å². The zero-order valence-corrected chi connectivity index (χ0v) is 22.6. The molecular weight excluding hydrogens is 508 g/mol. The number of unbranched alkanes of at least 4 members (excludes halogenated alkanes) is 2. The lowest BCUT2D eigenvalue weighted by Gasteiger charge is -2.29. The van der Waals surface area contributed by atoms with E-state index in [2.05, 4.69) is 6.92 Å². The molecule has 3 nitrogen and oxygen atoms in total. The van der Waals surface area contributed by atoms with Gasteiger partial charge in [-0.15, -0.1) is 0 Å². The topological polar surface area (TPSA) is 27.7 Å². The van der Waals surface area contributed by atoms with Gasteiger partial charge in [-0.1, -0.05) is 69.5 Å². The summed E-state index contributed by atoms with van der Waals surface area (Å²) in [4.78, 5) is 0. The van der Waals surface area contributed by atoms with Crippen molar-refractivity contribution >= 4 is 0 Å². The van der Waals surface area contributed by atoms with E-state index in [1.54, 1.807) is 24.3 Å². The van der Waals surface area contributed by atoms with Gasteiger partial charge in [0.2, 0.25) is 5.82 Å². The fourth-order valence-electron chi connectivity index (χ4n) is 4.80. The summed E-state index contributed by atoms with van der Waals surface area (Å²) < 4.78 is 76.0. The minimum Gasteiger partial charge on any atom is -0.490 e. The third-order valence-electron chi connectivity index (χ3n) is 7.11. The van der Waals surface area contributed by atoms with E-state index in [9.17, 15) is 13.2 Å².